The van der Waals surface area contributed by atoms with Crippen LogP contribution in [0.5, 0.6) is 0 Å². The standard InChI is InChI=1S/C32H35N9O2S/c1-18(23-7-5-12-39(23)2)41-31-22(15-35-41)30(40-13-9-19(16-40)17-42)36-29(37-31)26-20-6-3-10-32(27(20)43-38-26)11-4-8-24-25(32)21(14-33)28(34)44-24/h9,13,15-16,18,23,42H,3-8,10-12,17,34H2,1-2H3/t18-,23-,32-/m0/s1. The highest BCUT2D eigenvalue weighted by atomic mass is 32.1. The number of aromatic nitrogens is 6. The summed E-state index contributed by atoms with van der Waals surface area (Å²) in [5.74, 6) is 2.00. The molecule has 5 aromatic heterocycles. The molecule has 0 bridgehead atoms. The van der Waals surface area contributed by atoms with E-state index in [1.807, 2.05) is 33.9 Å². The summed E-state index contributed by atoms with van der Waals surface area (Å²) in [5, 5.41) is 30.8. The highest BCUT2D eigenvalue weighted by molar-refractivity contribution is 7.16. The number of thiophene rings is 1. The molecule has 0 saturated carbocycles. The van der Waals surface area contributed by atoms with Gasteiger partial charge in [-0.1, -0.05) is 5.16 Å². The molecular formula is C32H35N9O2S. The molecule has 1 fully saturated rings. The number of hydrogen-bond acceptors (Lipinski definition) is 10. The molecule has 0 aromatic carbocycles. The van der Waals surface area contributed by atoms with Crippen molar-refractivity contribution in [2.45, 2.75) is 82.4 Å². The molecule has 12 heteroatoms. The Morgan fingerprint density at radius 2 is 2.09 bits per heavy atom. The summed E-state index contributed by atoms with van der Waals surface area (Å²) in [6.45, 7) is 3.23. The zero-order valence-electron chi connectivity index (χ0n) is 25.0. The maximum Gasteiger partial charge on any atom is 0.186 e. The van der Waals surface area contributed by atoms with Crippen LogP contribution in [0.25, 0.3) is 28.4 Å². The number of likely N-dealkylation sites (N-methyl/N-ethyl adjacent to an activating group) is 1. The van der Waals surface area contributed by atoms with Crippen LogP contribution >= 0.6 is 11.3 Å². The molecule has 3 aliphatic rings. The van der Waals surface area contributed by atoms with Crippen LogP contribution < -0.4 is 5.73 Å². The minimum absolute atomic E-state index is 0.0585. The Hall–Kier alpha value is -4.05. The Morgan fingerprint density at radius 3 is 2.84 bits per heavy atom. The fourth-order valence-corrected chi connectivity index (χ4v) is 9.26. The second-order valence-electron chi connectivity index (χ2n) is 12.6. The Kier molecular flexibility index (Phi) is 6.41. The lowest BCUT2D eigenvalue weighted by molar-refractivity contribution is 0.232. The van der Waals surface area contributed by atoms with Crippen LogP contribution in [-0.2, 0) is 24.9 Å². The van der Waals surface area contributed by atoms with Gasteiger partial charge in [0.1, 0.15) is 11.1 Å². The molecule has 3 atom stereocenters. The van der Waals surface area contributed by atoms with E-state index in [1.165, 1.54) is 11.3 Å². The van der Waals surface area contributed by atoms with Gasteiger partial charge >= 0.3 is 0 Å². The highest BCUT2D eigenvalue weighted by Gasteiger charge is 2.49. The quantitative estimate of drug-likeness (QED) is 0.284. The van der Waals surface area contributed by atoms with Gasteiger partial charge in [0.05, 0.1) is 35.2 Å². The minimum atomic E-state index is -0.418. The summed E-state index contributed by atoms with van der Waals surface area (Å²) in [6, 6.07) is 4.76. The summed E-state index contributed by atoms with van der Waals surface area (Å²) < 4.78 is 10.2. The van der Waals surface area contributed by atoms with Crippen LogP contribution in [0.4, 0.5) is 5.00 Å². The van der Waals surface area contributed by atoms with Crippen molar-refractivity contribution in [1.29, 1.82) is 5.26 Å². The van der Waals surface area contributed by atoms with E-state index in [-0.39, 0.29) is 12.6 Å². The SMILES string of the molecule is C[C@@H]([C@@H]1CCCN1C)n1ncc2c(-n3ccc(CO)c3)nc(-c3noc4c3CCC[C@@]43CCCc4sc(N)c(C#N)c43)nc21. The number of aliphatic hydroxyl groups is 1. The van der Waals surface area contributed by atoms with Crippen molar-refractivity contribution in [2.24, 2.45) is 0 Å². The zero-order valence-corrected chi connectivity index (χ0v) is 25.8. The molecule has 11 nitrogen and oxygen atoms in total. The van der Waals surface area contributed by atoms with E-state index < -0.39 is 5.41 Å². The number of aryl methyl sites for hydroxylation is 1. The lowest BCUT2D eigenvalue weighted by Gasteiger charge is -2.39. The van der Waals surface area contributed by atoms with Crippen LogP contribution in [0, 0.1) is 11.3 Å². The number of anilines is 1. The number of fused-ring (bicyclic) bond motifs is 5. The Morgan fingerprint density at radius 1 is 1.25 bits per heavy atom. The van der Waals surface area contributed by atoms with Crippen LogP contribution in [0.1, 0.15) is 84.4 Å². The van der Waals surface area contributed by atoms with E-state index in [0.29, 0.717) is 33.9 Å². The summed E-state index contributed by atoms with van der Waals surface area (Å²) in [7, 11) is 2.18. The van der Waals surface area contributed by atoms with Crippen LogP contribution in [0.2, 0.25) is 0 Å². The normalized spacial score (nSPS) is 22.4. The van der Waals surface area contributed by atoms with Gasteiger partial charge in [-0.2, -0.15) is 10.4 Å². The molecule has 5 aromatic rings. The Bertz CT molecular complexity index is 1940. The Balaban J connectivity index is 1.31. The summed E-state index contributed by atoms with van der Waals surface area (Å²) in [5.41, 5.74) is 10.8. The maximum absolute atomic E-state index is 10.1. The van der Waals surface area contributed by atoms with Crippen LogP contribution in [0.15, 0.2) is 29.2 Å². The van der Waals surface area contributed by atoms with E-state index >= 15 is 0 Å². The largest absolute Gasteiger partial charge is 0.392 e. The summed E-state index contributed by atoms with van der Waals surface area (Å²) in [6.07, 6.45) is 13.4. The van der Waals surface area contributed by atoms with Crippen molar-refractivity contribution in [1.82, 2.24) is 34.4 Å². The molecule has 1 saturated heterocycles. The molecule has 0 amide bonds. The highest BCUT2D eigenvalue weighted by Crippen LogP contribution is 2.55. The predicted octanol–water partition coefficient (Wildman–Crippen LogP) is 4.89. The third-order valence-corrected chi connectivity index (χ3v) is 11.3. The number of nitriles is 1. The zero-order chi connectivity index (χ0) is 30.2. The van der Waals surface area contributed by atoms with Crippen molar-refractivity contribution in [3.05, 3.63) is 57.5 Å². The third kappa shape index (κ3) is 3.92. The van der Waals surface area contributed by atoms with Gasteiger partial charge in [0, 0.05) is 28.9 Å². The molecular weight excluding hydrogens is 574 g/mol. The van der Waals surface area contributed by atoms with Crippen molar-refractivity contribution < 1.29 is 9.63 Å². The van der Waals surface area contributed by atoms with Crippen molar-refractivity contribution in [3.8, 4) is 23.4 Å². The van der Waals surface area contributed by atoms with Gasteiger partial charge in [-0.25, -0.2) is 14.6 Å². The molecule has 0 unspecified atom stereocenters. The monoisotopic (exact) mass is 609 g/mol. The topological polar surface area (TPSA) is 148 Å². The minimum Gasteiger partial charge on any atom is -0.392 e. The molecule has 3 N–H and O–H groups in total. The fourth-order valence-electron chi connectivity index (χ4n) is 8.10. The first-order valence-electron chi connectivity index (χ1n) is 15.5. The van der Waals surface area contributed by atoms with Crippen molar-refractivity contribution >= 4 is 27.4 Å². The second-order valence-corrected chi connectivity index (χ2v) is 13.7. The number of nitrogen functional groups attached to an aromatic ring is 1. The number of hydrogen-bond donors (Lipinski definition) is 2. The lowest BCUT2D eigenvalue weighted by Crippen LogP contribution is -2.35. The van der Waals surface area contributed by atoms with Gasteiger partial charge in [-0.15, -0.1) is 11.3 Å². The van der Waals surface area contributed by atoms with E-state index in [9.17, 15) is 10.4 Å². The van der Waals surface area contributed by atoms with Gasteiger partial charge in [-0.05, 0) is 89.1 Å². The number of likely N-dealkylation sites (tertiary alicyclic amines) is 1. The number of aliphatic hydroxyl groups excluding tert-OH is 1. The first-order valence-corrected chi connectivity index (χ1v) is 16.3. The van der Waals surface area contributed by atoms with E-state index in [2.05, 4.69) is 30.1 Å². The number of rotatable bonds is 5. The van der Waals surface area contributed by atoms with Gasteiger partial charge in [0.2, 0.25) is 0 Å². The molecule has 8 rings (SSSR count). The van der Waals surface area contributed by atoms with Crippen molar-refractivity contribution in [3.63, 3.8) is 0 Å². The molecule has 44 heavy (non-hydrogen) atoms. The smallest absolute Gasteiger partial charge is 0.186 e. The lowest BCUT2D eigenvalue weighted by atomic mass is 9.63. The van der Waals surface area contributed by atoms with Gasteiger partial charge in [0.15, 0.2) is 28.7 Å². The summed E-state index contributed by atoms with van der Waals surface area (Å²) >= 11 is 1.54. The van der Waals surface area contributed by atoms with E-state index in [0.717, 1.165) is 85.0 Å². The third-order valence-electron chi connectivity index (χ3n) is 10.2. The average Bonchev–Trinajstić information content (AvgIpc) is 3.86. The molecule has 1 spiro atoms. The molecule has 226 valence electrons. The van der Waals surface area contributed by atoms with Gasteiger partial charge < -0.3 is 24.8 Å². The molecule has 2 aliphatic carbocycles. The Labute approximate surface area is 258 Å². The maximum atomic E-state index is 10.1. The van der Waals surface area contributed by atoms with E-state index in [1.54, 1.807) is 11.3 Å². The van der Waals surface area contributed by atoms with Gasteiger partial charge in [-0.3, -0.25) is 0 Å². The number of nitrogens with zero attached hydrogens (tertiary/aromatic N) is 8. The second kappa shape index (κ2) is 10.3. The predicted molar refractivity (Wildman–Crippen MR) is 167 cm³/mol. The summed E-state index contributed by atoms with van der Waals surface area (Å²) in [4.78, 5) is 13.8. The van der Waals surface area contributed by atoms with Gasteiger partial charge in [0.25, 0.3) is 0 Å². The molecule has 1 aliphatic heterocycles. The van der Waals surface area contributed by atoms with E-state index in [4.69, 9.17) is 25.3 Å². The van der Waals surface area contributed by atoms with Crippen molar-refractivity contribution in [2.75, 3.05) is 19.3 Å². The fraction of sp³-hybridized carbons (Fsp3) is 0.469. The number of nitrogens with two attached hydrogens (primary N) is 1. The van der Waals surface area contributed by atoms with Crippen LogP contribution in [-0.4, -0.2) is 59.1 Å². The first kappa shape index (κ1) is 27.5. The average molecular weight is 610 g/mol. The van der Waals surface area contributed by atoms with Crippen LogP contribution in [0.3, 0.4) is 0 Å². The molecule has 6 heterocycles. The first-order chi connectivity index (χ1) is 21.4. The molecule has 0 radical (unpaired) electrons.